The fraction of sp³-hybridized carbons (Fsp3) is 0.257. The molecule has 4 aromatic carbocycles. The van der Waals surface area contributed by atoms with Crippen LogP contribution in [0.25, 0.3) is 0 Å². The molecule has 260 valence electrons. The Balaban J connectivity index is 1.89. The van der Waals surface area contributed by atoms with Crippen LogP contribution < -0.4 is 9.62 Å². The number of carbonyl (C=O) groups is 2. The molecule has 0 fully saturated rings. The smallest absolute Gasteiger partial charge is 0.352 e. The molecule has 0 aliphatic heterocycles. The van der Waals surface area contributed by atoms with Gasteiger partial charge in [-0.25, -0.2) is 8.42 Å². The predicted octanol–water partition coefficient (Wildman–Crippen LogP) is 8.42. The number of amides is 2. The number of anilines is 1. The van der Waals surface area contributed by atoms with Crippen molar-refractivity contribution in [3.8, 4) is 0 Å². The summed E-state index contributed by atoms with van der Waals surface area (Å²) in [4.78, 5) is 29.4. The van der Waals surface area contributed by atoms with Gasteiger partial charge in [0.15, 0.2) is 0 Å². The van der Waals surface area contributed by atoms with Crippen molar-refractivity contribution in [3.05, 3.63) is 129 Å². The average molecular weight is 755 g/mol. The number of benzene rings is 4. The van der Waals surface area contributed by atoms with Gasteiger partial charge in [0, 0.05) is 19.0 Å². The zero-order valence-corrected chi connectivity index (χ0v) is 29.5. The molecule has 0 saturated carbocycles. The molecule has 0 saturated heterocycles. The number of halogens is 6. The van der Waals surface area contributed by atoms with E-state index in [2.05, 4.69) is 5.32 Å². The molecular formula is C35H33Cl3F3N3O4S. The molecule has 0 spiro atoms. The van der Waals surface area contributed by atoms with Gasteiger partial charge in [0.1, 0.15) is 12.6 Å². The van der Waals surface area contributed by atoms with Gasteiger partial charge < -0.3 is 10.2 Å². The van der Waals surface area contributed by atoms with Gasteiger partial charge in [0.2, 0.25) is 11.8 Å². The molecule has 4 rings (SSSR count). The third-order valence-electron chi connectivity index (χ3n) is 7.76. The third-order valence-corrected chi connectivity index (χ3v) is 10.6. The Morgan fingerprint density at radius 3 is 2.02 bits per heavy atom. The lowest BCUT2D eigenvalue weighted by Gasteiger charge is -2.34. The monoisotopic (exact) mass is 753 g/mol. The van der Waals surface area contributed by atoms with Gasteiger partial charge in [-0.15, -0.1) is 0 Å². The largest absolute Gasteiger partial charge is 0.416 e. The first-order valence-corrected chi connectivity index (χ1v) is 17.7. The second-order valence-corrected chi connectivity index (χ2v) is 14.4. The van der Waals surface area contributed by atoms with Crippen molar-refractivity contribution in [1.29, 1.82) is 0 Å². The standard InChI is InChI=1S/C35H33Cl3F3N3O4S/c1-3-23(2)42-34(46)32(19-24-10-6-4-7-11-24)43(21-25-14-16-28(36)30(38)18-25)33(45)22-44(49(47,48)27-12-8-5-9-13-27)31-20-26(35(39,40)41)15-17-29(31)37/h4-18,20,23,32H,3,19,21-22H2,1-2H3,(H,42,46). The molecule has 0 heterocycles. The summed E-state index contributed by atoms with van der Waals surface area (Å²) >= 11 is 18.8. The first-order valence-electron chi connectivity index (χ1n) is 15.1. The van der Waals surface area contributed by atoms with Crippen LogP contribution in [0, 0.1) is 0 Å². The summed E-state index contributed by atoms with van der Waals surface area (Å²) in [6, 6.07) is 21.2. The number of carbonyl (C=O) groups excluding carboxylic acids is 2. The topological polar surface area (TPSA) is 86.8 Å². The Morgan fingerprint density at radius 1 is 0.816 bits per heavy atom. The lowest BCUT2D eigenvalue weighted by Crippen LogP contribution is -2.54. The van der Waals surface area contributed by atoms with Crippen molar-refractivity contribution in [2.45, 2.75) is 56.4 Å². The molecular weight excluding hydrogens is 722 g/mol. The molecule has 2 amide bonds. The summed E-state index contributed by atoms with van der Waals surface area (Å²) in [6.45, 7) is 2.45. The molecule has 2 atom stereocenters. The minimum Gasteiger partial charge on any atom is -0.352 e. The van der Waals surface area contributed by atoms with E-state index < -0.39 is 51.9 Å². The van der Waals surface area contributed by atoms with E-state index in [1.54, 1.807) is 49.4 Å². The maximum Gasteiger partial charge on any atom is 0.416 e. The van der Waals surface area contributed by atoms with Gasteiger partial charge in [-0.3, -0.25) is 13.9 Å². The van der Waals surface area contributed by atoms with Gasteiger partial charge in [0.05, 0.1) is 31.2 Å². The highest BCUT2D eigenvalue weighted by Crippen LogP contribution is 2.37. The number of nitrogens with one attached hydrogen (secondary N) is 1. The van der Waals surface area contributed by atoms with Crippen LogP contribution in [0.5, 0.6) is 0 Å². The van der Waals surface area contributed by atoms with Crippen LogP contribution in [0.1, 0.15) is 37.0 Å². The molecule has 49 heavy (non-hydrogen) atoms. The Morgan fingerprint density at radius 2 is 1.43 bits per heavy atom. The Bertz CT molecular complexity index is 1880. The first-order chi connectivity index (χ1) is 23.1. The minimum absolute atomic E-state index is 0.0337. The number of hydrogen-bond donors (Lipinski definition) is 1. The van der Waals surface area contributed by atoms with E-state index in [1.165, 1.54) is 41.3 Å². The van der Waals surface area contributed by atoms with E-state index >= 15 is 0 Å². The van der Waals surface area contributed by atoms with Gasteiger partial charge >= 0.3 is 6.18 Å². The Labute approximate surface area is 298 Å². The average Bonchev–Trinajstić information content (AvgIpc) is 3.07. The zero-order valence-electron chi connectivity index (χ0n) is 26.4. The van der Waals surface area contributed by atoms with E-state index in [0.29, 0.717) is 34.0 Å². The number of alkyl halides is 3. The lowest BCUT2D eigenvalue weighted by molar-refractivity contribution is -0.140. The van der Waals surface area contributed by atoms with Crippen LogP contribution in [-0.4, -0.2) is 43.8 Å². The second kappa shape index (κ2) is 16.3. The van der Waals surface area contributed by atoms with Crippen LogP contribution in [0.4, 0.5) is 18.9 Å². The zero-order chi connectivity index (χ0) is 35.9. The van der Waals surface area contributed by atoms with Crippen LogP contribution in [0.3, 0.4) is 0 Å². The highest BCUT2D eigenvalue weighted by Gasteiger charge is 2.37. The molecule has 14 heteroatoms. The molecule has 7 nitrogen and oxygen atoms in total. The molecule has 0 aliphatic rings. The van der Waals surface area contributed by atoms with Crippen molar-refractivity contribution in [2.75, 3.05) is 10.8 Å². The molecule has 0 aliphatic carbocycles. The van der Waals surface area contributed by atoms with E-state index in [0.717, 1.165) is 6.07 Å². The number of nitrogens with zero attached hydrogens (tertiary/aromatic N) is 2. The fourth-order valence-electron chi connectivity index (χ4n) is 4.94. The van der Waals surface area contributed by atoms with E-state index in [-0.39, 0.29) is 39.0 Å². The number of sulfonamides is 1. The van der Waals surface area contributed by atoms with E-state index in [4.69, 9.17) is 34.8 Å². The summed E-state index contributed by atoms with van der Waals surface area (Å²) in [5, 5.41) is 2.99. The van der Waals surface area contributed by atoms with Gasteiger partial charge in [-0.2, -0.15) is 13.2 Å². The summed E-state index contributed by atoms with van der Waals surface area (Å²) in [5.41, 5.74) is -0.567. The van der Waals surface area contributed by atoms with Crippen molar-refractivity contribution < 1.29 is 31.2 Å². The van der Waals surface area contributed by atoms with Crippen molar-refractivity contribution in [2.24, 2.45) is 0 Å². The molecule has 4 aromatic rings. The van der Waals surface area contributed by atoms with Gasteiger partial charge in [-0.1, -0.05) is 96.3 Å². The maximum atomic E-state index is 14.6. The van der Waals surface area contributed by atoms with Crippen molar-refractivity contribution >= 4 is 62.3 Å². The summed E-state index contributed by atoms with van der Waals surface area (Å²) in [6.07, 6.45) is -4.23. The quantitative estimate of drug-likeness (QED) is 0.149. The SMILES string of the molecule is CCC(C)NC(=O)C(Cc1ccccc1)N(Cc1ccc(Cl)c(Cl)c1)C(=O)CN(c1cc(C(F)(F)F)ccc1Cl)S(=O)(=O)c1ccccc1. The maximum absolute atomic E-state index is 14.6. The van der Waals surface area contributed by atoms with E-state index in [9.17, 15) is 31.2 Å². The van der Waals surface area contributed by atoms with E-state index in [1.807, 2.05) is 6.92 Å². The minimum atomic E-state index is -4.85. The lowest BCUT2D eigenvalue weighted by atomic mass is 10.0. The summed E-state index contributed by atoms with van der Waals surface area (Å²) < 4.78 is 70.4. The second-order valence-electron chi connectivity index (χ2n) is 11.3. The Kier molecular flexibility index (Phi) is 12.6. The normalized spacial score (nSPS) is 13.0. The molecule has 0 bridgehead atoms. The van der Waals surface area contributed by atoms with Gasteiger partial charge in [0.25, 0.3) is 10.0 Å². The highest BCUT2D eigenvalue weighted by molar-refractivity contribution is 7.92. The molecule has 0 aromatic heterocycles. The van der Waals surface area contributed by atoms with Crippen LogP contribution in [-0.2, 0) is 38.8 Å². The highest BCUT2D eigenvalue weighted by atomic mass is 35.5. The van der Waals surface area contributed by atoms with Crippen LogP contribution in [0.15, 0.2) is 102 Å². The number of rotatable bonds is 13. The van der Waals surface area contributed by atoms with Crippen LogP contribution in [0.2, 0.25) is 15.1 Å². The van der Waals surface area contributed by atoms with Crippen molar-refractivity contribution in [3.63, 3.8) is 0 Å². The fourth-order valence-corrected chi connectivity index (χ4v) is 6.98. The summed E-state index contributed by atoms with van der Waals surface area (Å²) in [7, 11) is -4.69. The predicted molar refractivity (Wildman–Crippen MR) is 186 cm³/mol. The third kappa shape index (κ3) is 9.69. The Hall–Kier alpha value is -3.77. The van der Waals surface area contributed by atoms with Crippen molar-refractivity contribution in [1.82, 2.24) is 10.2 Å². The van der Waals surface area contributed by atoms with Crippen LogP contribution >= 0.6 is 34.8 Å². The molecule has 2 unspecified atom stereocenters. The molecule has 1 N–H and O–H groups in total. The first kappa shape index (κ1) is 38.0. The molecule has 0 radical (unpaired) electrons. The number of hydrogen-bond acceptors (Lipinski definition) is 4. The summed E-state index contributed by atoms with van der Waals surface area (Å²) in [5.74, 6) is -1.40. The van der Waals surface area contributed by atoms with Gasteiger partial charge in [-0.05, 0) is 66.9 Å².